The van der Waals surface area contributed by atoms with Gasteiger partial charge in [-0.15, -0.1) is 0 Å². The van der Waals surface area contributed by atoms with Crippen LogP contribution in [0.4, 0.5) is 0 Å². The summed E-state index contributed by atoms with van der Waals surface area (Å²) in [7, 11) is 3.30. The van der Waals surface area contributed by atoms with Crippen LogP contribution in [0.5, 0.6) is 0 Å². The van der Waals surface area contributed by atoms with Gasteiger partial charge in [-0.1, -0.05) is 35.8 Å². The summed E-state index contributed by atoms with van der Waals surface area (Å²) in [5.74, 6) is 1.61. The highest BCUT2D eigenvalue weighted by molar-refractivity contribution is 6.05. The molecule has 0 radical (unpaired) electrons. The molecule has 0 amide bonds. The third kappa shape index (κ3) is 3.66. The Morgan fingerprint density at radius 1 is 1.23 bits per heavy atom. The first-order valence-corrected chi connectivity index (χ1v) is 11.8. The van der Waals surface area contributed by atoms with Crippen molar-refractivity contribution in [3.05, 3.63) is 23.8 Å². The Morgan fingerprint density at radius 3 is 2.74 bits per heavy atom. The highest BCUT2D eigenvalue weighted by Gasteiger charge is 2.62. The molecule has 0 aromatic rings. The van der Waals surface area contributed by atoms with Gasteiger partial charge in [-0.05, 0) is 68.4 Å². The van der Waals surface area contributed by atoms with Gasteiger partial charge in [0.25, 0.3) is 0 Å². The number of allylic oxidation sites excluding steroid dienone is 4. The van der Waals surface area contributed by atoms with Crippen LogP contribution in [0.2, 0.25) is 0 Å². The predicted octanol–water partition coefficient (Wildman–Crippen LogP) is 4.35. The number of ether oxygens (including phenoxy) is 1. The summed E-state index contributed by atoms with van der Waals surface area (Å²) in [6, 6.07) is 0. The van der Waals surface area contributed by atoms with Gasteiger partial charge in [-0.2, -0.15) is 0 Å². The number of rotatable bonds is 6. The molecule has 0 aliphatic heterocycles. The number of nitrogens with zero attached hydrogens (tertiary/aromatic N) is 2. The Bertz CT molecular complexity index is 803. The lowest BCUT2D eigenvalue weighted by molar-refractivity contribution is -0.109. The molecule has 4 aliphatic carbocycles. The molecule has 7 atom stereocenters. The number of aliphatic hydroxyl groups excluding tert-OH is 1. The van der Waals surface area contributed by atoms with Crippen LogP contribution < -0.4 is 0 Å². The van der Waals surface area contributed by atoms with Crippen LogP contribution in [-0.4, -0.2) is 50.1 Å². The van der Waals surface area contributed by atoms with Crippen molar-refractivity contribution in [2.45, 2.75) is 59.0 Å². The van der Waals surface area contributed by atoms with E-state index in [-0.39, 0.29) is 22.9 Å². The first-order chi connectivity index (χ1) is 14.9. The minimum absolute atomic E-state index is 0.0215. The first kappa shape index (κ1) is 22.5. The van der Waals surface area contributed by atoms with Gasteiger partial charge in [-0.25, -0.2) is 0 Å². The number of aliphatic hydroxyl groups is 1. The molecule has 31 heavy (non-hydrogen) atoms. The fourth-order valence-corrected chi connectivity index (χ4v) is 7.53. The second kappa shape index (κ2) is 8.70. The molecule has 0 spiro atoms. The van der Waals surface area contributed by atoms with Gasteiger partial charge in [0.2, 0.25) is 0 Å². The highest BCUT2D eigenvalue weighted by atomic mass is 16.6. The zero-order valence-corrected chi connectivity index (χ0v) is 19.6. The molecule has 0 aromatic carbocycles. The maximum atomic E-state index is 11.6. The zero-order chi connectivity index (χ0) is 22.2. The molecule has 4 rings (SSSR count). The fraction of sp³-hybridized carbons (Fsp3) is 0.760. The van der Waals surface area contributed by atoms with E-state index < -0.39 is 0 Å². The van der Waals surface area contributed by atoms with Crippen molar-refractivity contribution < 1.29 is 19.5 Å². The molecule has 6 heteroatoms. The summed E-state index contributed by atoms with van der Waals surface area (Å²) >= 11 is 0. The normalized spacial score (nSPS) is 43.2. The second-order valence-electron chi connectivity index (χ2n) is 10.2. The Morgan fingerprint density at radius 2 is 2.03 bits per heavy atom. The third-order valence-corrected chi connectivity index (χ3v) is 8.71. The molecule has 0 saturated heterocycles. The van der Waals surface area contributed by atoms with Gasteiger partial charge >= 0.3 is 0 Å². The van der Waals surface area contributed by atoms with E-state index in [1.54, 1.807) is 14.2 Å². The van der Waals surface area contributed by atoms with Crippen molar-refractivity contribution in [1.82, 2.24) is 0 Å². The maximum Gasteiger partial charge on any atom is 0.114 e. The van der Waals surface area contributed by atoms with Gasteiger partial charge < -0.3 is 19.5 Å². The van der Waals surface area contributed by atoms with E-state index in [4.69, 9.17) is 14.4 Å². The maximum absolute atomic E-state index is 11.6. The molecular formula is C25H38N2O4. The molecule has 1 N–H and O–H groups in total. The highest BCUT2D eigenvalue weighted by Crippen LogP contribution is 2.66. The van der Waals surface area contributed by atoms with Crippen LogP contribution in [0.25, 0.3) is 0 Å². The van der Waals surface area contributed by atoms with Gasteiger partial charge in [0, 0.05) is 24.4 Å². The summed E-state index contributed by atoms with van der Waals surface area (Å²) in [6.07, 6.45) is 11.4. The second-order valence-corrected chi connectivity index (χ2v) is 10.2. The van der Waals surface area contributed by atoms with E-state index in [1.807, 2.05) is 6.92 Å². The lowest BCUT2D eigenvalue weighted by Gasteiger charge is -2.59. The summed E-state index contributed by atoms with van der Waals surface area (Å²) in [4.78, 5) is 10.4. The quantitative estimate of drug-likeness (QED) is 0.502. The minimum Gasteiger partial charge on any atom is -0.399 e. The summed E-state index contributed by atoms with van der Waals surface area (Å²) < 4.78 is 5.48. The Balaban J connectivity index is 1.64. The van der Waals surface area contributed by atoms with Crippen molar-refractivity contribution >= 4 is 11.4 Å². The monoisotopic (exact) mass is 430 g/mol. The molecule has 6 nitrogen and oxygen atoms in total. The Hall–Kier alpha value is -1.66. The number of hydrogen-bond donors (Lipinski definition) is 1. The molecule has 3 saturated carbocycles. The number of methoxy groups -OCH3 is 1. The lowest BCUT2D eigenvalue weighted by atomic mass is 9.46. The minimum atomic E-state index is -0.345. The van der Waals surface area contributed by atoms with Crippen LogP contribution in [0, 0.1) is 34.5 Å². The van der Waals surface area contributed by atoms with Crippen molar-refractivity contribution in [3.8, 4) is 0 Å². The molecule has 7 unspecified atom stereocenters. The van der Waals surface area contributed by atoms with Crippen LogP contribution in [0.15, 0.2) is 34.1 Å². The van der Waals surface area contributed by atoms with E-state index in [0.29, 0.717) is 31.0 Å². The average Bonchev–Trinajstić information content (AvgIpc) is 3.07. The molecular weight excluding hydrogens is 392 g/mol. The van der Waals surface area contributed by atoms with Crippen LogP contribution in [-0.2, 0) is 14.4 Å². The summed E-state index contributed by atoms with van der Waals surface area (Å²) in [6.45, 7) is 7.69. The lowest BCUT2D eigenvalue weighted by Crippen LogP contribution is -2.56. The number of hydrogen-bond acceptors (Lipinski definition) is 6. The standard InChI is InChI=1S/C25H38N2O4/c1-6-31-27-21(15-29-4)20-10-9-19-18-8-7-16-13-17(26-30-5)11-12-24(16,2)23(18)22(28)14-25(19,20)3/h11-13,18-20,22-23,28H,6-10,14-15H2,1-5H3/b26-17?,27-21+. The fourth-order valence-electron chi connectivity index (χ4n) is 7.53. The third-order valence-electron chi connectivity index (χ3n) is 8.71. The Kier molecular flexibility index (Phi) is 6.32. The van der Waals surface area contributed by atoms with E-state index in [1.165, 1.54) is 12.0 Å². The smallest absolute Gasteiger partial charge is 0.114 e. The van der Waals surface area contributed by atoms with Crippen molar-refractivity contribution in [1.29, 1.82) is 0 Å². The number of oxime groups is 2. The van der Waals surface area contributed by atoms with Crippen LogP contribution in [0.1, 0.15) is 52.9 Å². The largest absolute Gasteiger partial charge is 0.399 e. The van der Waals surface area contributed by atoms with Crippen molar-refractivity contribution in [2.24, 2.45) is 44.8 Å². The van der Waals surface area contributed by atoms with Gasteiger partial charge in [0.05, 0.1) is 18.4 Å². The van der Waals surface area contributed by atoms with Crippen LogP contribution in [0.3, 0.4) is 0 Å². The predicted molar refractivity (Wildman–Crippen MR) is 122 cm³/mol. The Labute approximate surface area is 186 Å². The van der Waals surface area contributed by atoms with Crippen LogP contribution >= 0.6 is 0 Å². The average molecular weight is 431 g/mol. The topological polar surface area (TPSA) is 72.6 Å². The molecule has 172 valence electrons. The van der Waals surface area contributed by atoms with E-state index in [0.717, 1.165) is 37.1 Å². The van der Waals surface area contributed by atoms with Gasteiger partial charge in [0.1, 0.15) is 19.4 Å². The van der Waals surface area contributed by atoms with E-state index >= 15 is 0 Å². The molecule has 0 heterocycles. The molecule has 3 fully saturated rings. The van der Waals surface area contributed by atoms with Crippen molar-refractivity contribution in [3.63, 3.8) is 0 Å². The van der Waals surface area contributed by atoms with E-state index in [2.05, 4.69) is 42.4 Å². The zero-order valence-electron chi connectivity index (χ0n) is 19.6. The van der Waals surface area contributed by atoms with Crippen molar-refractivity contribution in [2.75, 3.05) is 27.4 Å². The summed E-state index contributed by atoms with van der Waals surface area (Å²) in [5, 5.41) is 20.1. The number of fused-ring (bicyclic) bond motifs is 5. The van der Waals surface area contributed by atoms with Gasteiger partial charge in [-0.3, -0.25) is 0 Å². The summed E-state index contributed by atoms with van der Waals surface area (Å²) in [5.41, 5.74) is 3.14. The first-order valence-electron chi connectivity index (χ1n) is 11.8. The van der Waals surface area contributed by atoms with Gasteiger partial charge in [0.15, 0.2) is 0 Å². The molecule has 0 aromatic heterocycles. The van der Waals surface area contributed by atoms with E-state index in [9.17, 15) is 5.11 Å². The molecule has 4 aliphatic rings. The SMILES string of the molecule is CCO/N=C(\COC)C1CCC2C3CCC4=CC(=NOC)C=CC4(C)C3C(O)CC12C. The molecule has 0 bridgehead atoms.